The number of aromatic nitrogens is 1. The molecule has 0 saturated carbocycles. The molecule has 2 N–H and O–H groups in total. The molecule has 0 aliphatic carbocycles. The maximum Gasteiger partial charge on any atom is 0.264 e. The van der Waals surface area contributed by atoms with Gasteiger partial charge < -0.3 is 10.3 Å². The van der Waals surface area contributed by atoms with E-state index >= 15 is 0 Å². The van der Waals surface area contributed by atoms with Crippen molar-refractivity contribution in [3.8, 4) is 0 Å². The first-order chi connectivity index (χ1) is 7.66. The lowest BCUT2D eigenvalue weighted by Crippen LogP contribution is -2.21. The number of halogens is 1. The number of nitrogens with two attached hydrogens (primary N) is 1. The van der Waals surface area contributed by atoms with E-state index < -0.39 is 0 Å². The minimum Gasteiger partial charge on any atom is -0.398 e. The van der Waals surface area contributed by atoms with Crippen molar-refractivity contribution < 1.29 is 0 Å². The summed E-state index contributed by atoms with van der Waals surface area (Å²) in [5.41, 5.74) is 6.25. The van der Waals surface area contributed by atoms with Crippen LogP contribution in [0.3, 0.4) is 0 Å². The highest BCUT2D eigenvalue weighted by atomic mass is 79.9. The van der Waals surface area contributed by atoms with Crippen molar-refractivity contribution in [1.29, 1.82) is 0 Å². The predicted molar refractivity (Wildman–Crippen MR) is 70.8 cm³/mol. The fraction of sp³-hybridized carbons (Fsp3) is 0.182. The Morgan fingerprint density at radius 3 is 3.00 bits per heavy atom. The Bertz CT molecular complexity index is 533. The molecule has 0 spiro atoms. The summed E-state index contributed by atoms with van der Waals surface area (Å²) in [4.78, 5) is 13.0. The van der Waals surface area contributed by atoms with Crippen molar-refractivity contribution in [2.45, 2.75) is 13.0 Å². The average Bonchev–Trinajstić information content (AvgIpc) is 2.74. The molecule has 84 valence electrons. The smallest absolute Gasteiger partial charge is 0.264 e. The van der Waals surface area contributed by atoms with Crippen molar-refractivity contribution in [3.63, 3.8) is 0 Å². The van der Waals surface area contributed by atoms with Gasteiger partial charge in [0.05, 0.1) is 4.47 Å². The third-order valence-corrected chi connectivity index (χ3v) is 3.75. The average molecular weight is 299 g/mol. The topological polar surface area (TPSA) is 48.0 Å². The summed E-state index contributed by atoms with van der Waals surface area (Å²) >= 11 is 4.90. The normalized spacial score (nSPS) is 10.6. The van der Waals surface area contributed by atoms with Crippen LogP contribution in [0.15, 0.2) is 39.0 Å². The van der Waals surface area contributed by atoms with E-state index in [-0.39, 0.29) is 5.56 Å². The van der Waals surface area contributed by atoms with Gasteiger partial charge in [0.15, 0.2) is 0 Å². The molecular weight excluding hydrogens is 288 g/mol. The van der Waals surface area contributed by atoms with E-state index in [1.54, 1.807) is 28.2 Å². The van der Waals surface area contributed by atoms with Gasteiger partial charge in [0.25, 0.3) is 5.56 Å². The number of thiophene rings is 1. The Balaban J connectivity index is 2.18. The lowest BCUT2D eigenvalue weighted by atomic mass is 10.3. The van der Waals surface area contributed by atoms with Crippen LogP contribution in [0.2, 0.25) is 0 Å². The molecule has 0 aliphatic heterocycles. The molecule has 2 rings (SSSR count). The second kappa shape index (κ2) is 4.84. The minimum atomic E-state index is -0.0363. The molecule has 0 radical (unpaired) electrons. The summed E-state index contributed by atoms with van der Waals surface area (Å²) in [5, 5.41) is 2.04. The Hall–Kier alpha value is -1.07. The summed E-state index contributed by atoms with van der Waals surface area (Å²) in [7, 11) is 0. The van der Waals surface area contributed by atoms with E-state index in [1.165, 1.54) is 4.88 Å². The first-order valence-electron chi connectivity index (χ1n) is 4.84. The molecule has 0 bridgehead atoms. The Labute approximate surface area is 106 Å². The number of nitrogen functional groups attached to an aromatic ring is 1. The van der Waals surface area contributed by atoms with Gasteiger partial charge in [0.1, 0.15) is 0 Å². The van der Waals surface area contributed by atoms with Crippen molar-refractivity contribution in [2.75, 3.05) is 5.73 Å². The first kappa shape index (κ1) is 11.4. The van der Waals surface area contributed by atoms with Gasteiger partial charge in [-0.1, -0.05) is 6.07 Å². The maximum absolute atomic E-state index is 11.7. The number of aryl methyl sites for hydroxylation is 2. The van der Waals surface area contributed by atoms with Gasteiger partial charge in [-0.15, -0.1) is 11.3 Å². The number of pyridine rings is 1. The van der Waals surface area contributed by atoms with E-state index in [9.17, 15) is 4.79 Å². The molecule has 0 atom stereocenters. The largest absolute Gasteiger partial charge is 0.398 e. The van der Waals surface area contributed by atoms with Gasteiger partial charge in [0, 0.05) is 23.3 Å². The van der Waals surface area contributed by atoms with Gasteiger partial charge >= 0.3 is 0 Å². The summed E-state index contributed by atoms with van der Waals surface area (Å²) in [6.45, 7) is 0.656. The van der Waals surface area contributed by atoms with Crippen molar-refractivity contribution in [2.24, 2.45) is 0 Å². The Kier molecular flexibility index (Phi) is 3.46. The SMILES string of the molecule is Nc1cc(Br)c(=O)n(CCc2cccs2)c1. The molecule has 5 heteroatoms. The third kappa shape index (κ3) is 2.54. The minimum absolute atomic E-state index is 0.0363. The van der Waals surface area contributed by atoms with E-state index in [0.717, 1.165) is 6.42 Å². The highest BCUT2D eigenvalue weighted by Crippen LogP contribution is 2.12. The zero-order valence-corrected chi connectivity index (χ0v) is 10.9. The summed E-state index contributed by atoms with van der Waals surface area (Å²) < 4.78 is 2.15. The maximum atomic E-state index is 11.7. The molecule has 2 aromatic rings. The highest BCUT2D eigenvalue weighted by molar-refractivity contribution is 9.10. The van der Waals surface area contributed by atoms with Gasteiger partial charge in [-0.05, 0) is 39.9 Å². The van der Waals surface area contributed by atoms with Crippen LogP contribution in [0, 0.1) is 0 Å². The molecular formula is C11H11BrN2OS. The fourth-order valence-corrected chi connectivity index (χ4v) is 2.66. The summed E-state index contributed by atoms with van der Waals surface area (Å²) in [5.74, 6) is 0. The monoisotopic (exact) mass is 298 g/mol. The van der Waals surface area contributed by atoms with Gasteiger partial charge in [-0.2, -0.15) is 0 Å². The van der Waals surface area contributed by atoms with Crippen LogP contribution in [0.5, 0.6) is 0 Å². The van der Waals surface area contributed by atoms with Crippen molar-refractivity contribution in [1.82, 2.24) is 4.57 Å². The van der Waals surface area contributed by atoms with E-state index in [1.807, 2.05) is 11.4 Å². The second-order valence-electron chi connectivity index (χ2n) is 3.45. The van der Waals surface area contributed by atoms with Gasteiger partial charge in [0.2, 0.25) is 0 Å². The van der Waals surface area contributed by atoms with Crippen LogP contribution in [-0.2, 0) is 13.0 Å². The number of hydrogen-bond donors (Lipinski definition) is 1. The molecule has 2 aromatic heterocycles. The number of anilines is 1. The van der Waals surface area contributed by atoms with Crippen molar-refractivity contribution in [3.05, 3.63) is 49.5 Å². The molecule has 0 fully saturated rings. The predicted octanol–water partition coefficient (Wildman–Crippen LogP) is 2.50. The lowest BCUT2D eigenvalue weighted by molar-refractivity contribution is 0.673. The molecule has 0 amide bonds. The molecule has 0 unspecified atom stereocenters. The molecule has 0 aromatic carbocycles. The number of nitrogens with zero attached hydrogens (tertiary/aromatic N) is 1. The van der Waals surface area contributed by atoms with Crippen LogP contribution >= 0.6 is 27.3 Å². The zero-order chi connectivity index (χ0) is 11.5. The van der Waals surface area contributed by atoms with Crippen LogP contribution in [-0.4, -0.2) is 4.57 Å². The van der Waals surface area contributed by atoms with Crippen LogP contribution in [0.25, 0.3) is 0 Å². The molecule has 3 nitrogen and oxygen atoms in total. The van der Waals surface area contributed by atoms with E-state index in [0.29, 0.717) is 16.7 Å². The van der Waals surface area contributed by atoms with E-state index in [4.69, 9.17) is 5.73 Å². The number of hydrogen-bond acceptors (Lipinski definition) is 3. The highest BCUT2D eigenvalue weighted by Gasteiger charge is 2.03. The molecule has 16 heavy (non-hydrogen) atoms. The van der Waals surface area contributed by atoms with Gasteiger partial charge in [-0.3, -0.25) is 4.79 Å². The first-order valence-corrected chi connectivity index (χ1v) is 6.52. The summed E-state index contributed by atoms with van der Waals surface area (Å²) in [6.07, 6.45) is 2.54. The quantitative estimate of drug-likeness (QED) is 0.946. The Morgan fingerprint density at radius 2 is 2.31 bits per heavy atom. The van der Waals surface area contributed by atoms with Crippen LogP contribution in [0.4, 0.5) is 5.69 Å². The molecule has 0 saturated heterocycles. The van der Waals surface area contributed by atoms with Crippen LogP contribution < -0.4 is 11.3 Å². The number of rotatable bonds is 3. The molecule has 2 heterocycles. The third-order valence-electron chi connectivity index (χ3n) is 2.24. The van der Waals surface area contributed by atoms with Crippen molar-refractivity contribution >= 4 is 33.0 Å². The van der Waals surface area contributed by atoms with E-state index in [2.05, 4.69) is 22.0 Å². The van der Waals surface area contributed by atoms with Crippen LogP contribution in [0.1, 0.15) is 4.88 Å². The van der Waals surface area contributed by atoms with Gasteiger partial charge in [-0.25, -0.2) is 0 Å². The standard InChI is InChI=1S/C11H11BrN2OS/c12-10-6-8(13)7-14(11(10)15)4-3-9-2-1-5-16-9/h1-2,5-7H,3-4,13H2. The molecule has 0 aliphatic rings. The fourth-order valence-electron chi connectivity index (χ4n) is 1.47. The lowest BCUT2D eigenvalue weighted by Gasteiger charge is -2.06. The second-order valence-corrected chi connectivity index (χ2v) is 5.34. The summed E-state index contributed by atoms with van der Waals surface area (Å²) in [6, 6.07) is 5.71. The Morgan fingerprint density at radius 1 is 1.50 bits per heavy atom. The zero-order valence-electron chi connectivity index (χ0n) is 8.52.